The Labute approximate surface area is 135 Å². The monoisotopic (exact) mass is 363 g/mol. The lowest BCUT2D eigenvalue weighted by atomic mass is 10.2. The molecule has 1 amide bonds. The van der Waals surface area contributed by atoms with E-state index in [1.54, 1.807) is 24.3 Å². The molecule has 0 fully saturated rings. The van der Waals surface area contributed by atoms with Crippen LogP contribution >= 0.6 is 27.5 Å². The van der Waals surface area contributed by atoms with Crippen LogP contribution in [-0.2, 0) is 0 Å². The van der Waals surface area contributed by atoms with Gasteiger partial charge in [-0.25, -0.2) is 0 Å². The minimum atomic E-state index is -0.303. The standard InChI is InChI=1S/C16H11BrClNO2/c1-9-2-5-14-10(6-9)7-15(21-14)16(20)19-11-3-4-12(17)13(18)8-11/h2-8H,1H3,(H,19,20). The number of anilines is 1. The normalized spacial score (nSPS) is 10.8. The first kappa shape index (κ1) is 14.2. The third-order valence-corrected chi connectivity index (χ3v) is 4.31. The van der Waals surface area contributed by atoms with Crippen molar-refractivity contribution in [3.63, 3.8) is 0 Å². The summed E-state index contributed by atoms with van der Waals surface area (Å²) in [6.07, 6.45) is 0. The highest BCUT2D eigenvalue weighted by molar-refractivity contribution is 9.10. The summed E-state index contributed by atoms with van der Waals surface area (Å²) in [6, 6.07) is 12.7. The number of hydrogen-bond acceptors (Lipinski definition) is 2. The second kappa shape index (κ2) is 5.54. The summed E-state index contributed by atoms with van der Waals surface area (Å²) in [5, 5.41) is 4.21. The summed E-state index contributed by atoms with van der Waals surface area (Å²) in [6.45, 7) is 2.00. The Morgan fingerprint density at radius 3 is 2.76 bits per heavy atom. The van der Waals surface area contributed by atoms with E-state index >= 15 is 0 Å². The zero-order valence-electron chi connectivity index (χ0n) is 11.1. The van der Waals surface area contributed by atoms with Crippen molar-refractivity contribution >= 4 is 50.1 Å². The van der Waals surface area contributed by atoms with Gasteiger partial charge in [-0.15, -0.1) is 0 Å². The molecule has 0 spiro atoms. The number of carbonyl (C=O) groups excluding carboxylic acids is 1. The smallest absolute Gasteiger partial charge is 0.291 e. The fraction of sp³-hybridized carbons (Fsp3) is 0.0625. The molecule has 0 bridgehead atoms. The Balaban J connectivity index is 1.87. The lowest BCUT2D eigenvalue weighted by Crippen LogP contribution is -2.10. The lowest BCUT2D eigenvalue weighted by Gasteiger charge is -2.04. The van der Waals surface area contributed by atoms with Gasteiger partial charge in [0.25, 0.3) is 5.91 Å². The van der Waals surface area contributed by atoms with Gasteiger partial charge in [0.1, 0.15) is 5.58 Å². The number of halogens is 2. The van der Waals surface area contributed by atoms with Gasteiger partial charge in [-0.3, -0.25) is 4.79 Å². The number of rotatable bonds is 2. The summed E-state index contributed by atoms with van der Waals surface area (Å²) >= 11 is 9.31. The van der Waals surface area contributed by atoms with Crippen LogP contribution in [-0.4, -0.2) is 5.91 Å². The van der Waals surface area contributed by atoms with Gasteiger partial charge in [0.2, 0.25) is 0 Å². The first-order valence-corrected chi connectivity index (χ1v) is 7.46. The van der Waals surface area contributed by atoms with Crippen LogP contribution < -0.4 is 5.32 Å². The van der Waals surface area contributed by atoms with E-state index < -0.39 is 0 Å². The Kier molecular flexibility index (Phi) is 3.74. The van der Waals surface area contributed by atoms with Crippen molar-refractivity contribution in [2.45, 2.75) is 6.92 Å². The van der Waals surface area contributed by atoms with Gasteiger partial charge in [0, 0.05) is 15.5 Å². The minimum Gasteiger partial charge on any atom is -0.451 e. The number of fused-ring (bicyclic) bond motifs is 1. The third-order valence-electron chi connectivity index (χ3n) is 3.07. The molecule has 0 aliphatic carbocycles. The lowest BCUT2D eigenvalue weighted by molar-refractivity contribution is 0.0998. The molecule has 1 heterocycles. The van der Waals surface area contributed by atoms with Crippen LogP contribution in [0, 0.1) is 6.92 Å². The zero-order valence-corrected chi connectivity index (χ0v) is 13.5. The van der Waals surface area contributed by atoms with Gasteiger partial charge in [0.05, 0.1) is 5.02 Å². The second-order valence-electron chi connectivity index (χ2n) is 4.73. The van der Waals surface area contributed by atoms with Gasteiger partial charge in [-0.05, 0) is 59.3 Å². The highest BCUT2D eigenvalue weighted by Gasteiger charge is 2.13. The number of carbonyl (C=O) groups is 1. The minimum absolute atomic E-state index is 0.273. The molecule has 106 valence electrons. The van der Waals surface area contributed by atoms with Crippen molar-refractivity contribution in [2.24, 2.45) is 0 Å². The SMILES string of the molecule is Cc1ccc2oc(C(=O)Nc3ccc(Br)c(Cl)c3)cc2c1. The summed E-state index contributed by atoms with van der Waals surface area (Å²) in [7, 11) is 0. The molecule has 0 aliphatic heterocycles. The maximum Gasteiger partial charge on any atom is 0.291 e. The van der Waals surface area contributed by atoms with E-state index in [1.807, 2.05) is 25.1 Å². The number of benzene rings is 2. The maximum absolute atomic E-state index is 12.2. The number of furan rings is 1. The zero-order chi connectivity index (χ0) is 15.0. The largest absolute Gasteiger partial charge is 0.451 e. The molecule has 0 atom stereocenters. The van der Waals surface area contributed by atoms with E-state index in [4.69, 9.17) is 16.0 Å². The quantitative estimate of drug-likeness (QED) is 0.660. The van der Waals surface area contributed by atoms with Crippen molar-refractivity contribution in [2.75, 3.05) is 5.32 Å². The molecule has 2 aromatic carbocycles. The predicted octanol–water partition coefficient (Wildman–Crippen LogP) is 5.41. The first-order chi connectivity index (χ1) is 10.0. The number of nitrogens with one attached hydrogen (secondary N) is 1. The topological polar surface area (TPSA) is 42.2 Å². The van der Waals surface area contributed by atoms with Crippen molar-refractivity contribution in [1.82, 2.24) is 0 Å². The second-order valence-corrected chi connectivity index (χ2v) is 6.00. The molecule has 3 rings (SSSR count). The predicted molar refractivity (Wildman–Crippen MR) is 88.1 cm³/mol. The van der Waals surface area contributed by atoms with Crippen LogP contribution in [0.25, 0.3) is 11.0 Å². The molecule has 0 unspecified atom stereocenters. The molecular weight excluding hydrogens is 354 g/mol. The number of aryl methyl sites for hydroxylation is 1. The van der Waals surface area contributed by atoms with Crippen LogP contribution in [0.1, 0.15) is 16.1 Å². The third kappa shape index (κ3) is 2.96. The van der Waals surface area contributed by atoms with Crippen LogP contribution in [0.5, 0.6) is 0 Å². The van der Waals surface area contributed by atoms with Crippen LogP contribution in [0.15, 0.2) is 51.4 Å². The van der Waals surface area contributed by atoms with Crippen LogP contribution in [0.4, 0.5) is 5.69 Å². The molecule has 0 saturated heterocycles. The Morgan fingerprint density at radius 1 is 1.19 bits per heavy atom. The van der Waals surface area contributed by atoms with E-state index in [-0.39, 0.29) is 11.7 Å². The molecule has 0 saturated carbocycles. The summed E-state index contributed by atoms with van der Waals surface area (Å²) in [5.41, 5.74) is 2.43. The molecule has 3 aromatic rings. The van der Waals surface area contributed by atoms with Gasteiger partial charge in [-0.2, -0.15) is 0 Å². The van der Waals surface area contributed by atoms with E-state index in [0.29, 0.717) is 16.3 Å². The Bertz CT molecular complexity index is 841. The van der Waals surface area contributed by atoms with Crippen molar-refractivity contribution in [1.29, 1.82) is 0 Å². The first-order valence-electron chi connectivity index (χ1n) is 6.29. The fourth-order valence-corrected chi connectivity index (χ4v) is 2.47. The molecule has 3 nitrogen and oxygen atoms in total. The molecule has 1 N–H and O–H groups in total. The number of amides is 1. The highest BCUT2D eigenvalue weighted by Crippen LogP contribution is 2.26. The molecule has 5 heteroatoms. The van der Waals surface area contributed by atoms with Crippen molar-refractivity contribution in [3.05, 3.63) is 63.3 Å². The fourth-order valence-electron chi connectivity index (χ4n) is 2.04. The van der Waals surface area contributed by atoms with Crippen LogP contribution in [0.3, 0.4) is 0 Å². The molecular formula is C16H11BrClNO2. The average molecular weight is 365 g/mol. The number of hydrogen-bond donors (Lipinski definition) is 1. The molecule has 21 heavy (non-hydrogen) atoms. The van der Waals surface area contributed by atoms with E-state index in [2.05, 4.69) is 21.2 Å². The van der Waals surface area contributed by atoms with Gasteiger partial charge in [0.15, 0.2) is 5.76 Å². The van der Waals surface area contributed by atoms with E-state index in [0.717, 1.165) is 15.4 Å². The summed E-state index contributed by atoms with van der Waals surface area (Å²) in [5.74, 6) is -0.0307. The Morgan fingerprint density at radius 2 is 2.00 bits per heavy atom. The molecule has 1 aromatic heterocycles. The molecule has 0 aliphatic rings. The highest BCUT2D eigenvalue weighted by atomic mass is 79.9. The van der Waals surface area contributed by atoms with Gasteiger partial charge >= 0.3 is 0 Å². The maximum atomic E-state index is 12.2. The Hall–Kier alpha value is -1.78. The van der Waals surface area contributed by atoms with Crippen LogP contribution in [0.2, 0.25) is 5.02 Å². The molecule has 0 radical (unpaired) electrons. The van der Waals surface area contributed by atoms with Crippen molar-refractivity contribution < 1.29 is 9.21 Å². The summed E-state index contributed by atoms with van der Waals surface area (Å²) < 4.78 is 6.34. The van der Waals surface area contributed by atoms with E-state index in [1.165, 1.54) is 0 Å². The van der Waals surface area contributed by atoms with Gasteiger partial charge < -0.3 is 9.73 Å². The van der Waals surface area contributed by atoms with Crippen molar-refractivity contribution in [3.8, 4) is 0 Å². The summed E-state index contributed by atoms with van der Waals surface area (Å²) in [4.78, 5) is 12.2. The van der Waals surface area contributed by atoms with Gasteiger partial charge in [-0.1, -0.05) is 23.2 Å². The average Bonchev–Trinajstić information content (AvgIpc) is 2.86. The van der Waals surface area contributed by atoms with E-state index in [9.17, 15) is 4.79 Å².